The van der Waals surface area contributed by atoms with E-state index in [2.05, 4.69) is 15.6 Å². The predicted octanol–water partition coefficient (Wildman–Crippen LogP) is 1.02. The first kappa shape index (κ1) is 23.0. The Kier molecular flexibility index (Phi) is 6.78. The second kappa shape index (κ2) is 9.74. The van der Waals surface area contributed by atoms with Crippen LogP contribution in [0.2, 0.25) is 0 Å². The lowest BCUT2D eigenvalue weighted by Crippen LogP contribution is -2.66. The molecule has 1 unspecified atom stereocenters. The van der Waals surface area contributed by atoms with Gasteiger partial charge >= 0.3 is 0 Å². The Morgan fingerprint density at radius 1 is 1.24 bits per heavy atom. The van der Waals surface area contributed by atoms with Crippen molar-refractivity contribution < 1.29 is 19.1 Å². The zero-order valence-corrected chi connectivity index (χ0v) is 19.1. The summed E-state index contributed by atoms with van der Waals surface area (Å²) >= 11 is 0. The highest BCUT2D eigenvalue weighted by Gasteiger charge is 2.54. The number of carbonyl (C=O) groups excluding carboxylic acids is 3. The number of amides is 3. The lowest BCUT2D eigenvalue weighted by Gasteiger charge is -2.55. The number of nitrogens with zero attached hydrogens (tertiary/aromatic N) is 3. The maximum absolute atomic E-state index is 13.5. The molecule has 1 aromatic heterocycles. The summed E-state index contributed by atoms with van der Waals surface area (Å²) in [6.07, 6.45) is 4.58. The average Bonchev–Trinajstić information content (AvgIpc) is 3.21. The Bertz CT molecular complexity index is 999. The van der Waals surface area contributed by atoms with Crippen LogP contribution in [0.15, 0.2) is 42.7 Å². The normalized spacial score (nSPS) is 20.1. The van der Waals surface area contributed by atoms with Crippen molar-refractivity contribution in [1.82, 2.24) is 25.1 Å². The number of benzene rings is 1. The van der Waals surface area contributed by atoms with E-state index in [0.717, 1.165) is 17.8 Å². The van der Waals surface area contributed by atoms with E-state index in [0.29, 0.717) is 32.8 Å². The number of aryl methyl sites for hydroxylation is 1. The largest absolute Gasteiger partial charge is 0.381 e. The summed E-state index contributed by atoms with van der Waals surface area (Å²) in [5.41, 5.74) is 0.670. The summed E-state index contributed by atoms with van der Waals surface area (Å²) in [4.78, 5) is 43.3. The zero-order valence-electron chi connectivity index (χ0n) is 19.1. The molecule has 2 aromatic rings. The van der Waals surface area contributed by atoms with E-state index in [-0.39, 0.29) is 41.5 Å². The van der Waals surface area contributed by atoms with Crippen LogP contribution in [0, 0.1) is 11.3 Å². The lowest BCUT2D eigenvalue weighted by molar-refractivity contribution is -0.169. The third kappa shape index (κ3) is 4.93. The molecule has 2 saturated heterocycles. The van der Waals surface area contributed by atoms with Crippen LogP contribution in [-0.4, -0.2) is 65.0 Å². The van der Waals surface area contributed by atoms with Crippen LogP contribution in [-0.2, 0) is 26.2 Å². The number of nitrogens with one attached hydrogen (secondary N) is 2. The summed E-state index contributed by atoms with van der Waals surface area (Å²) < 4.78 is 7.60. The molecule has 2 aliphatic heterocycles. The molecule has 0 aliphatic carbocycles. The molecule has 2 aliphatic rings. The molecule has 0 saturated carbocycles. The smallest absolute Gasteiger partial charge is 0.226 e. The Balaban J connectivity index is 1.45. The van der Waals surface area contributed by atoms with E-state index < -0.39 is 0 Å². The van der Waals surface area contributed by atoms with Gasteiger partial charge in [0, 0.05) is 64.4 Å². The summed E-state index contributed by atoms with van der Waals surface area (Å²) in [6, 6.07) is 9.40. The SMILES string of the molecule is CC(=O)NCCC(=O)N1CC2(CCOC[C@H]2C(=O)NC(c2ccccc2)c2nccn2C)C1. The number of rotatable bonds is 7. The highest BCUT2D eigenvalue weighted by molar-refractivity contribution is 5.83. The zero-order chi connectivity index (χ0) is 23.4. The van der Waals surface area contributed by atoms with Crippen molar-refractivity contribution >= 4 is 17.7 Å². The van der Waals surface area contributed by atoms with Crippen LogP contribution >= 0.6 is 0 Å². The van der Waals surface area contributed by atoms with Crippen molar-refractivity contribution in [3.63, 3.8) is 0 Å². The molecule has 2 atom stereocenters. The van der Waals surface area contributed by atoms with Crippen molar-refractivity contribution in [2.75, 3.05) is 32.8 Å². The minimum absolute atomic E-state index is 0.00445. The molecule has 1 spiro atoms. The third-order valence-corrected chi connectivity index (χ3v) is 6.70. The molecule has 9 nitrogen and oxygen atoms in total. The van der Waals surface area contributed by atoms with Crippen LogP contribution in [0.25, 0.3) is 0 Å². The fraction of sp³-hybridized carbons (Fsp3) is 0.500. The Hall–Kier alpha value is -3.20. The maximum atomic E-state index is 13.5. The minimum Gasteiger partial charge on any atom is -0.381 e. The van der Waals surface area contributed by atoms with E-state index in [1.165, 1.54) is 6.92 Å². The minimum atomic E-state index is -0.381. The quantitative estimate of drug-likeness (QED) is 0.651. The Morgan fingerprint density at radius 3 is 2.67 bits per heavy atom. The fourth-order valence-corrected chi connectivity index (χ4v) is 4.79. The number of carbonyl (C=O) groups is 3. The van der Waals surface area contributed by atoms with Crippen molar-refractivity contribution in [2.45, 2.75) is 25.8 Å². The van der Waals surface area contributed by atoms with Crippen molar-refractivity contribution in [3.8, 4) is 0 Å². The van der Waals surface area contributed by atoms with E-state index in [1.807, 2.05) is 48.1 Å². The molecule has 1 aromatic carbocycles. The van der Waals surface area contributed by atoms with Gasteiger partial charge in [0.1, 0.15) is 11.9 Å². The van der Waals surface area contributed by atoms with Crippen LogP contribution < -0.4 is 10.6 Å². The van der Waals surface area contributed by atoms with Gasteiger partial charge in [-0.2, -0.15) is 0 Å². The lowest BCUT2D eigenvalue weighted by atomic mass is 9.65. The standard InChI is InChI=1S/C24H31N5O4/c1-17(30)25-10-8-20(31)29-15-24(16-29)9-13-33-14-19(24)23(32)27-21(18-6-4-3-5-7-18)22-26-11-12-28(22)2/h3-7,11-12,19,21H,8-10,13-16H2,1-2H3,(H,25,30)(H,27,32)/t19-,21?/m0/s1. The average molecular weight is 454 g/mol. The van der Waals surface area contributed by atoms with Gasteiger partial charge in [0.25, 0.3) is 0 Å². The number of likely N-dealkylation sites (tertiary alicyclic amines) is 1. The van der Waals surface area contributed by atoms with Gasteiger partial charge in [0.05, 0.1) is 12.5 Å². The van der Waals surface area contributed by atoms with Crippen molar-refractivity contribution in [2.24, 2.45) is 18.4 Å². The molecule has 0 radical (unpaired) electrons. The molecule has 33 heavy (non-hydrogen) atoms. The molecule has 0 bridgehead atoms. The predicted molar refractivity (Wildman–Crippen MR) is 121 cm³/mol. The van der Waals surface area contributed by atoms with E-state index >= 15 is 0 Å². The highest BCUT2D eigenvalue weighted by Crippen LogP contribution is 2.44. The third-order valence-electron chi connectivity index (χ3n) is 6.70. The molecule has 176 valence electrons. The van der Waals surface area contributed by atoms with Crippen molar-refractivity contribution in [1.29, 1.82) is 0 Å². The summed E-state index contributed by atoms with van der Waals surface area (Å²) in [7, 11) is 1.91. The maximum Gasteiger partial charge on any atom is 0.226 e. The van der Waals surface area contributed by atoms with Crippen LogP contribution in [0.1, 0.15) is 37.2 Å². The first-order valence-electron chi connectivity index (χ1n) is 11.3. The molecule has 3 heterocycles. The first-order chi connectivity index (χ1) is 15.9. The topological polar surface area (TPSA) is 106 Å². The molecular formula is C24H31N5O4. The number of ether oxygens (including phenoxy) is 1. The van der Waals surface area contributed by atoms with Crippen LogP contribution in [0.4, 0.5) is 0 Å². The second-order valence-electron chi connectivity index (χ2n) is 8.97. The van der Waals surface area contributed by atoms with Gasteiger partial charge in [0.15, 0.2) is 0 Å². The highest BCUT2D eigenvalue weighted by atomic mass is 16.5. The number of imidazole rings is 1. The van der Waals surface area contributed by atoms with Gasteiger partial charge in [-0.3, -0.25) is 14.4 Å². The molecule has 3 amide bonds. The summed E-state index contributed by atoms with van der Waals surface area (Å²) in [5, 5.41) is 5.86. The number of hydrogen-bond donors (Lipinski definition) is 2. The second-order valence-corrected chi connectivity index (χ2v) is 8.97. The fourth-order valence-electron chi connectivity index (χ4n) is 4.79. The number of hydrogen-bond acceptors (Lipinski definition) is 5. The Labute approximate surface area is 193 Å². The number of aromatic nitrogens is 2. The first-order valence-corrected chi connectivity index (χ1v) is 11.3. The molecule has 4 rings (SSSR count). The van der Waals surface area contributed by atoms with E-state index in [9.17, 15) is 14.4 Å². The van der Waals surface area contributed by atoms with E-state index in [4.69, 9.17) is 4.74 Å². The van der Waals surface area contributed by atoms with Crippen LogP contribution in [0.3, 0.4) is 0 Å². The van der Waals surface area contributed by atoms with Crippen molar-refractivity contribution in [3.05, 3.63) is 54.1 Å². The Morgan fingerprint density at radius 2 is 2.00 bits per heavy atom. The monoisotopic (exact) mass is 453 g/mol. The van der Waals surface area contributed by atoms with Gasteiger partial charge in [-0.05, 0) is 12.0 Å². The van der Waals surface area contributed by atoms with Gasteiger partial charge in [0.2, 0.25) is 17.7 Å². The molecular weight excluding hydrogens is 422 g/mol. The molecule has 2 N–H and O–H groups in total. The van der Waals surface area contributed by atoms with Crippen LogP contribution in [0.5, 0.6) is 0 Å². The van der Waals surface area contributed by atoms with Gasteiger partial charge < -0.3 is 24.8 Å². The van der Waals surface area contributed by atoms with Gasteiger partial charge in [-0.1, -0.05) is 30.3 Å². The van der Waals surface area contributed by atoms with Gasteiger partial charge in [-0.15, -0.1) is 0 Å². The summed E-state index contributed by atoms with van der Waals surface area (Å²) in [6.45, 7) is 3.74. The molecule has 9 heteroatoms. The van der Waals surface area contributed by atoms with Gasteiger partial charge in [-0.25, -0.2) is 4.98 Å². The van der Waals surface area contributed by atoms with E-state index in [1.54, 1.807) is 11.1 Å². The summed E-state index contributed by atoms with van der Waals surface area (Å²) in [5.74, 6) is 0.165. The molecule has 2 fully saturated rings.